The van der Waals surface area contributed by atoms with E-state index in [0.717, 1.165) is 168 Å². The number of hydrogen-bond donors (Lipinski definition) is 0. The largest absolute Gasteiger partial charge is 0.457 e. The molecule has 2 aliphatic heterocycles. The molecule has 13 aromatic rings. The van der Waals surface area contributed by atoms with Crippen molar-refractivity contribution in [3.8, 4) is 102 Å². The minimum absolute atomic E-state index is 0.0323. The van der Waals surface area contributed by atoms with Crippen LogP contribution >= 0.6 is 0 Å². The van der Waals surface area contributed by atoms with E-state index in [9.17, 15) is 0 Å². The van der Waals surface area contributed by atoms with E-state index in [4.69, 9.17) is 24.4 Å². The van der Waals surface area contributed by atoms with Crippen molar-refractivity contribution in [2.75, 3.05) is 0 Å². The van der Waals surface area contributed by atoms with Crippen LogP contribution in [0.15, 0.2) is 364 Å². The Balaban J connectivity index is 0.788. The number of nitrogens with zero attached hydrogens (tertiary/aromatic N) is 3. The van der Waals surface area contributed by atoms with Crippen molar-refractivity contribution in [1.29, 1.82) is 0 Å². The van der Waals surface area contributed by atoms with Crippen molar-refractivity contribution in [2.24, 2.45) is 11.8 Å². The number of rotatable bonds is 14. The lowest BCUT2D eigenvalue weighted by Crippen LogP contribution is -2.43. The van der Waals surface area contributed by atoms with Gasteiger partial charge in [-0.05, 0) is 178 Å². The normalized spacial score (nSPS) is 17.8. The Kier molecular flexibility index (Phi) is 17.0. The van der Waals surface area contributed by atoms with Gasteiger partial charge in [-0.2, -0.15) is 0 Å². The van der Waals surface area contributed by atoms with Crippen LogP contribution in [0, 0.1) is 18.8 Å². The molecule has 0 amide bonds. The van der Waals surface area contributed by atoms with Crippen molar-refractivity contribution < 1.29 is 9.47 Å². The molecule has 4 aliphatic carbocycles. The predicted octanol–water partition coefficient (Wildman–Crippen LogP) is 26.4. The van der Waals surface area contributed by atoms with Crippen LogP contribution < -0.4 is 9.47 Å². The molecule has 3 atom stereocenters. The molecular formula is C103H79N3O2. The molecular weight excluding hydrogens is 1310 g/mol. The minimum atomic E-state index is -0.673. The molecule has 5 heteroatoms. The smallest absolute Gasteiger partial charge is 0.161 e. The summed E-state index contributed by atoms with van der Waals surface area (Å²) in [5, 5.41) is 0. The van der Waals surface area contributed by atoms with E-state index in [1.54, 1.807) is 0 Å². The summed E-state index contributed by atoms with van der Waals surface area (Å²) in [4.78, 5) is 16.3. The van der Waals surface area contributed by atoms with Gasteiger partial charge in [0.25, 0.3) is 0 Å². The van der Waals surface area contributed by atoms with Crippen molar-refractivity contribution in [1.82, 2.24) is 15.0 Å². The molecule has 4 heterocycles. The lowest BCUT2D eigenvalue weighted by Gasteiger charge is -2.49. The lowest BCUT2D eigenvalue weighted by molar-refractivity contribution is 0.315. The molecule has 0 N–H and O–H groups in total. The first kappa shape index (κ1) is 65.9. The number of ether oxygens (including phenoxy) is 2. The number of para-hydroxylation sites is 4. The zero-order valence-corrected chi connectivity index (χ0v) is 60.6. The highest BCUT2D eigenvalue weighted by atomic mass is 16.5. The van der Waals surface area contributed by atoms with Crippen LogP contribution in [-0.2, 0) is 10.8 Å². The van der Waals surface area contributed by atoms with Crippen LogP contribution in [0.4, 0.5) is 0 Å². The highest BCUT2D eigenvalue weighted by Gasteiger charge is 2.52. The van der Waals surface area contributed by atoms with Crippen molar-refractivity contribution in [3.05, 3.63) is 419 Å². The third kappa shape index (κ3) is 11.5. The Morgan fingerprint density at radius 3 is 1.62 bits per heavy atom. The minimum Gasteiger partial charge on any atom is -0.457 e. The molecule has 3 unspecified atom stereocenters. The van der Waals surface area contributed by atoms with E-state index in [1.165, 1.54) is 44.5 Å². The standard InChI is InChI=1S/C103H79N3O2/c1-68-30-18-21-46-88(68)103(83-60-56-72(57-61-83)84-43-19-20-44-86(84)101-105-94(74-35-12-5-13-36-74)67-95(106-101)75-37-14-6-15-38-75)91-49-24-27-53-98(91)108-100-85(45-29-50-92(100)103)80-64-78(70-54-58-82(59-55-70)102(81-41-16-7-17-42-81)89-47-22-25-51-96(89)107-97-52-26-23-48-90(97)102)63-79(65-80)76-39-28-40-77(62-76)99-69(2)87(71-31-8-3-9-32-71)66-93(104-99)73-33-10-4-11-34-73/h3,5-8,10,12-31,33-56,58-60,62-68,88H,4,9,11,32,57,61H2,1-2H3. The summed E-state index contributed by atoms with van der Waals surface area (Å²) in [5.74, 6) is 4.35. The van der Waals surface area contributed by atoms with Gasteiger partial charge in [0.05, 0.1) is 33.6 Å². The molecule has 0 bridgehead atoms. The Labute approximate surface area is 633 Å². The van der Waals surface area contributed by atoms with E-state index in [0.29, 0.717) is 5.82 Å². The van der Waals surface area contributed by atoms with Crippen LogP contribution in [-0.4, -0.2) is 15.0 Å². The number of fused-ring (bicyclic) bond motifs is 4. The maximum atomic E-state index is 7.64. The zero-order chi connectivity index (χ0) is 72.1. The summed E-state index contributed by atoms with van der Waals surface area (Å²) < 4.78 is 14.4. The van der Waals surface area contributed by atoms with E-state index in [2.05, 4.69) is 372 Å². The maximum absolute atomic E-state index is 7.64. The van der Waals surface area contributed by atoms with Crippen LogP contribution in [0.3, 0.4) is 0 Å². The number of aromatic nitrogens is 3. The number of hydrogen-bond acceptors (Lipinski definition) is 5. The van der Waals surface area contributed by atoms with E-state index in [1.807, 2.05) is 0 Å². The maximum Gasteiger partial charge on any atom is 0.161 e. The lowest BCUT2D eigenvalue weighted by atomic mass is 9.55. The van der Waals surface area contributed by atoms with Gasteiger partial charge in [0.2, 0.25) is 0 Å². The number of pyridine rings is 1. The van der Waals surface area contributed by atoms with Crippen LogP contribution in [0.25, 0.3) is 95.3 Å². The molecule has 19 rings (SSSR count). The number of benzene rings is 11. The Hall–Kier alpha value is -12.8. The fourth-order valence-electron chi connectivity index (χ4n) is 18.1. The molecule has 0 saturated heterocycles. The van der Waals surface area contributed by atoms with Crippen LogP contribution in [0.5, 0.6) is 23.0 Å². The first-order chi connectivity index (χ1) is 53.3. The van der Waals surface area contributed by atoms with E-state index >= 15 is 0 Å². The van der Waals surface area contributed by atoms with Gasteiger partial charge in [0.1, 0.15) is 23.0 Å². The summed E-state index contributed by atoms with van der Waals surface area (Å²) in [6.07, 6.45) is 33.5. The van der Waals surface area contributed by atoms with Gasteiger partial charge in [-0.1, -0.05) is 316 Å². The SMILES string of the molecule is Cc1c(C2=CC=CCC2)cc(C2=CCCC=C2)nc1-c1cccc(-c2cc(-c3ccc(C4(c5ccccc5)c5ccccc5Oc5ccccc54)cc3)cc(-c3cccc4c3Oc3ccccc3C4(C3=CC=C(c4ccccc4-c4nc(-c5ccccc5)cc(-c5ccccc5)n4)CC3)C3C=CC=CC3C)c2)c1. The Morgan fingerprint density at radius 2 is 0.944 bits per heavy atom. The molecule has 6 aliphatic rings. The van der Waals surface area contributed by atoms with Crippen molar-refractivity contribution in [3.63, 3.8) is 0 Å². The first-order valence-corrected chi connectivity index (χ1v) is 38.2. The molecule has 518 valence electrons. The monoisotopic (exact) mass is 1390 g/mol. The summed E-state index contributed by atoms with van der Waals surface area (Å²) in [5.41, 5.74) is 28.7. The second-order valence-corrected chi connectivity index (χ2v) is 29.4. The van der Waals surface area contributed by atoms with Gasteiger partial charge < -0.3 is 9.47 Å². The van der Waals surface area contributed by atoms with Crippen LogP contribution in [0.1, 0.15) is 101 Å². The van der Waals surface area contributed by atoms with Crippen molar-refractivity contribution >= 4 is 16.7 Å². The van der Waals surface area contributed by atoms with Gasteiger partial charge in [0, 0.05) is 56.0 Å². The summed E-state index contributed by atoms with van der Waals surface area (Å²) in [6, 6.07) is 104. The van der Waals surface area contributed by atoms with E-state index in [-0.39, 0.29) is 11.8 Å². The van der Waals surface area contributed by atoms with E-state index < -0.39 is 10.8 Å². The quantitative estimate of drug-likeness (QED) is 0.109. The third-order valence-electron chi connectivity index (χ3n) is 23.2. The number of allylic oxidation sites excluding steroid dienone is 16. The second kappa shape index (κ2) is 27.9. The fraction of sp³-hybridized carbons (Fsp3) is 0.117. The molecule has 0 fully saturated rings. The summed E-state index contributed by atoms with van der Waals surface area (Å²) >= 11 is 0. The van der Waals surface area contributed by atoms with Crippen LogP contribution in [0.2, 0.25) is 0 Å². The first-order valence-electron chi connectivity index (χ1n) is 38.2. The Bertz CT molecular complexity index is 5860. The Morgan fingerprint density at radius 1 is 0.370 bits per heavy atom. The third-order valence-corrected chi connectivity index (χ3v) is 23.2. The highest BCUT2D eigenvalue weighted by Crippen LogP contribution is 2.62. The average Bonchev–Trinajstić information content (AvgIpc) is 0.707. The van der Waals surface area contributed by atoms with Gasteiger partial charge >= 0.3 is 0 Å². The van der Waals surface area contributed by atoms with Gasteiger partial charge in [-0.15, -0.1) is 0 Å². The average molecular weight is 1390 g/mol. The van der Waals surface area contributed by atoms with Gasteiger partial charge in [0.15, 0.2) is 5.82 Å². The van der Waals surface area contributed by atoms with Gasteiger partial charge in [-0.25, -0.2) is 15.0 Å². The highest BCUT2D eigenvalue weighted by molar-refractivity contribution is 5.90. The van der Waals surface area contributed by atoms with Crippen molar-refractivity contribution in [2.45, 2.75) is 63.2 Å². The molecule has 0 saturated carbocycles. The topological polar surface area (TPSA) is 57.1 Å². The summed E-state index contributed by atoms with van der Waals surface area (Å²) in [7, 11) is 0. The molecule has 108 heavy (non-hydrogen) atoms. The summed E-state index contributed by atoms with van der Waals surface area (Å²) in [6.45, 7) is 4.65. The fourth-order valence-corrected chi connectivity index (χ4v) is 18.1. The predicted molar refractivity (Wildman–Crippen MR) is 444 cm³/mol. The zero-order valence-electron chi connectivity index (χ0n) is 60.6. The van der Waals surface area contributed by atoms with Gasteiger partial charge in [-0.3, -0.25) is 0 Å². The molecule has 11 aromatic carbocycles. The molecule has 5 nitrogen and oxygen atoms in total. The second-order valence-electron chi connectivity index (χ2n) is 29.4. The molecule has 2 aromatic heterocycles. The molecule has 0 radical (unpaired) electrons. The molecule has 0 spiro atoms.